The summed E-state index contributed by atoms with van der Waals surface area (Å²) in [6.07, 6.45) is -3.12. The van der Waals surface area contributed by atoms with Gasteiger partial charge in [-0.3, -0.25) is 4.98 Å². The number of pyridine rings is 1. The zero-order chi connectivity index (χ0) is 24.7. The number of sulfone groups is 1. The van der Waals surface area contributed by atoms with E-state index in [9.17, 15) is 26.4 Å². The van der Waals surface area contributed by atoms with Gasteiger partial charge in [0, 0.05) is 36.9 Å². The van der Waals surface area contributed by atoms with Crippen molar-refractivity contribution in [1.29, 1.82) is 0 Å². The lowest BCUT2D eigenvalue weighted by atomic mass is 9.89. The molecule has 1 aromatic carbocycles. The number of amides is 1. The Balaban J connectivity index is 1.35. The van der Waals surface area contributed by atoms with E-state index < -0.39 is 28.2 Å². The minimum atomic E-state index is -4.58. The van der Waals surface area contributed by atoms with Gasteiger partial charge in [-0.05, 0) is 43.9 Å². The predicted molar refractivity (Wildman–Crippen MR) is 117 cm³/mol. The molecule has 1 fully saturated rings. The van der Waals surface area contributed by atoms with Crippen LogP contribution >= 0.6 is 0 Å². The normalized spacial score (nSPS) is 19.9. The van der Waals surface area contributed by atoms with Gasteiger partial charge in [-0.15, -0.1) is 0 Å². The predicted octanol–water partition coefficient (Wildman–Crippen LogP) is 4.26. The van der Waals surface area contributed by atoms with Gasteiger partial charge in [0.2, 0.25) is 0 Å². The van der Waals surface area contributed by atoms with Gasteiger partial charge >= 0.3 is 12.3 Å². The Morgan fingerprint density at radius 3 is 2.44 bits per heavy atom. The SMILES string of the molecule is C[C@H](OC(=O)N1CCC([C@H]2Cc3cc(-c4ccc(S(C)(=O)=O)cc4)ncc3O2)CC1)C(F)(F)F. The first-order valence-electron chi connectivity index (χ1n) is 10.9. The van der Waals surface area contributed by atoms with Crippen molar-refractivity contribution in [3.8, 4) is 17.0 Å². The molecule has 34 heavy (non-hydrogen) atoms. The van der Waals surface area contributed by atoms with Crippen molar-refractivity contribution in [2.45, 2.75) is 49.5 Å². The molecule has 0 bridgehead atoms. The molecule has 0 saturated carbocycles. The number of benzene rings is 1. The molecule has 1 aromatic heterocycles. The van der Waals surface area contributed by atoms with Crippen LogP contribution in [-0.4, -0.2) is 62.1 Å². The largest absolute Gasteiger partial charge is 0.488 e. The third-order valence-corrected chi connectivity index (χ3v) is 7.42. The summed E-state index contributed by atoms with van der Waals surface area (Å²) in [7, 11) is -3.28. The summed E-state index contributed by atoms with van der Waals surface area (Å²) in [6, 6.07) is 8.45. The lowest BCUT2D eigenvalue weighted by Gasteiger charge is -2.34. The Morgan fingerprint density at radius 2 is 1.85 bits per heavy atom. The number of rotatable bonds is 4. The number of hydrogen-bond donors (Lipinski definition) is 0. The zero-order valence-corrected chi connectivity index (χ0v) is 19.5. The number of nitrogens with zero attached hydrogens (tertiary/aromatic N) is 2. The van der Waals surface area contributed by atoms with Crippen molar-refractivity contribution in [3.05, 3.63) is 42.1 Å². The van der Waals surface area contributed by atoms with Crippen molar-refractivity contribution in [1.82, 2.24) is 9.88 Å². The third-order valence-electron chi connectivity index (χ3n) is 6.29. The molecule has 7 nitrogen and oxygen atoms in total. The molecule has 3 heterocycles. The number of ether oxygens (including phenoxy) is 2. The number of halogens is 3. The van der Waals surface area contributed by atoms with E-state index in [4.69, 9.17) is 4.74 Å². The molecular weight excluding hydrogens is 473 g/mol. The average molecular weight is 499 g/mol. The smallest absolute Gasteiger partial charge is 0.425 e. The third kappa shape index (κ3) is 5.29. The van der Waals surface area contributed by atoms with Crippen molar-refractivity contribution in [3.63, 3.8) is 0 Å². The molecule has 11 heteroatoms. The highest BCUT2D eigenvalue weighted by Crippen LogP contribution is 2.37. The van der Waals surface area contributed by atoms with Crippen molar-refractivity contribution >= 4 is 15.9 Å². The summed E-state index contributed by atoms with van der Waals surface area (Å²) in [4.78, 5) is 18.0. The van der Waals surface area contributed by atoms with Crippen LogP contribution in [0.15, 0.2) is 41.4 Å². The molecule has 4 rings (SSSR count). The maximum absolute atomic E-state index is 12.6. The number of carbonyl (C=O) groups excluding carboxylic acids is 1. The first-order chi connectivity index (χ1) is 15.9. The number of carbonyl (C=O) groups is 1. The Bertz CT molecular complexity index is 1160. The van der Waals surface area contributed by atoms with Gasteiger partial charge < -0.3 is 14.4 Å². The highest BCUT2D eigenvalue weighted by Gasteiger charge is 2.41. The summed E-state index contributed by atoms with van der Waals surface area (Å²) >= 11 is 0. The molecule has 1 amide bonds. The van der Waals surface area contributed by atoms with Gasteiger partial charge in [0.05, 0.1) is 16.8 Å². The average Bonchev–Trinajstić information content (AvgIpc) is 3.21. The van der Waals surface area contributed by atoms with Gasteiger partial charge in [-0.2, -0.15) is 13.2 Å². The Kier molecular flexibility index (Phi) is 6.50. The second kappa shape index (κ2) is 9.09. The van der Waals surface area contributed by atoms with E-state index in [1.165, 1.54) is 4.90 Å². The quantitative estimate of drug-likeness (QED) is 0.627. The van der Waals surface area contributed by atoms with E-state index in [-0.39, 0.29) is 16.9 Å². The van der Waals surface area contributed by atoms with Crippen molar-refractivity contribution in [2.75, 3.05) is 19.3 Å². The van der Waals surface area contributed by atoms with Gasteiger partial charge in [0.25, 0.3) is 0 Å². The van der Waals surface area contributed by atoms with Crippen LogP contribution in [0.4, 0.5) is 18.0 Å². The molecule has 1 saturated heterocycles. The summed E-state index contributed by atoms with van der Waals surface area (Å²) in [6.45, 7) is 1.43. The second-order valence-electron chi connectivity index (χ2n) is 8.73. The molecule has 2 aromatic rings. The van der Waals surface area contributed by atoms with Gasteiger partial charge in [-0.1, -0.05) is 12.1 Å². The number of fused-ring (bicyclic) bond motifs is 1. The van der Waals surface area contributed by atoms with Crippen LogP contribution in [0.1, 0.15) is 25.3 Å². The molecule has 0 radical (unpaired) electrons. The molecule has 184 valence electrons. The highest BCUT2D eigenvalue weighted by molar-refractivity contribution is 7.90. The van der Waals surface area contributed by atoms with Gasteiger partial charge in [-0.25, -0.2) is 13.2 Å². The van der Waals surface area contributed by atoms with Crippen LogP contribution in [0, 0.1) is 5.92 Å². The minimum absolute atomic E-state index is 0.105. The molecule has 2 aliphatic rings. The lowest BCUT2D eigenvalue weighted by Crippen LogP contribution is -2.44. The first kappa shape index (κ1) is 24.3. The monoisotopic (exact) mass is 498 g/mol. The molecular formula is C23H25F3N2O5S. The molecule has 0 N–H and O–H groups in total. The second-order valence-corrected chi connectivity index (χ2v) is 10.7. The summed E-state index contributed by atoms with van der Waals surface area (Å²) in [5, 5.41) is 0. The molecule has 0 spiro atoms. The summed E-state index contributed by atoms with van der Waals surface area (Å²) in [5.74, 6) is 0.830. The summed E-state index contributed by atoms with van der Waals surface area (Å²) in [5.41, 5.74) is 2.49. The van der Waals surface area contributed by atoms with E-state index in [1.807, 2.05) is 6.07 Å². The molecule has 0 unspecified atom stereocenters. The fraction of sp³-hybridized carbons (Fsp3) is 0.478. The maximum Gasteiger partial charge on any atom is 0.425 e. The number of aromatic nitrogens is 1. The van der Waals surface area contributed by atoms with Gasteiger partial charge in [0.1, 0.15) is 11.9 Å². The zero-order valence-electron chi connectivity index (χ0n) is 18.7. The Labute approximate surface area is 195 Å². The van der Waals surface area contributed by atoms with E-state index in [0.717, 1.165) is 24.3 Å². The van der Waals surface area contributed by atoms with Crippen LogP contribution in [0.25, 0.3) is 11.3 Å². The van der Waals surface area contributed by atoms with E-state index in [0.29, 0.717) is 43.8 Å². The van der Waals surface area contributed by atoms with Gasteiger partial charge in [0.15, 0.2) is 15.9 Å². The van der Waals surface area contributed by atoms with Crippen molar-refractivity contribution in [2.24, 2.45) is 5.92 Å². The first-order valence-corrected chi connectivity index (χ1v) is 12.8. The highest BCUT2D eigenvalue weighted by atomic mass is 32.2. The van der Waals surface area contributed by atoms with E-state index in [2.05, 4.69) is 9.72 Å². The van der Waals surface area contributed by atoms with Crippen LogP contribution in [0.3, 0.4) is 0 Å². The molecule has 0 aliphatic carbocycles. The maximum atomic E-state index is 12.6. The minimum Gasteiger partial charge on any atom is -0.488 e. The van der Waals surface area contributed by atoms with Crippen LogP contribution in [0.5, 0.6) is 5.75 Å². The van der Waals surface area contributed by atoms with E-state index in [1.54, 1.807) is 30.5 Å². The molecule has 2 aliphatic heterocycles. The van der Waals surface area contributed by atoms with Crippen molar-refractivity contribution < 1.29 is 35.9 Å². The summed E-state index contributed by atoms with van der Waals surface area (Å²) < 4.78 is 71.8. The number of likely N-dealkylation sites (tertiary alicyclic amines) is 1. The topological polar surface area (TPSA) is 85.8 Å². The fourth-order valence-corrected chi connectivity index (χ4v) is 4.84. The number of hydrogen-bond acceptors (Lipinski definition) is 6. The fourth-order valence-electron chi connectivity index (χ4n) is 4.21. The van der Waals surface area contributed by atoms with Crippen LogP contribution in [-0.2, 0) is 21.0 Å². The Hall–Kier alpha value is -2.82. The standard InChI is InChI=1S/C23H25F3N2O5S/c1-14(23(24,25)26)32-22(29)28-9-7-16(8-10-28)20-12-17-11-19(27-13-21(17)33-20)15-3-5-18(6-4-15)34(2,30)31/h3-6,11,13-14,16,20H,7-10,12H2,1-2H3/t14-,20+/m0/s1. The van der Waals surface area contributed by atoms with E-state index >= 15 is 0 Å². The number of piperidine rings is 1. The Morgan fingerprint density at radius 1 is 1.21 bits per heavy atom. The molecule has 2 atom stereocenters. The number of alkyl halides is 3. The van der Waals surface area contributed by atoms with Crippen LogP contribution in [0.2, 0.25) is 0 Å². The van der Waals surface area contributed by atoms with Crippen LogP contribution < -0.4 is 4.74 Å². The lowest BCUT2D eigenvalue weighted by molar-refractivity contribution is -0.200.